The Labute approximate surface area is 107 Å². The molecule has 1 aromatic carbocycles. The van der Waals surface area contributed by atoms with Gasteiger partial charge >= 0.3 is 0 Å². The molecule has 2 rings (SSSR count). The normalized spacial score (nSPS) is 27.8. The molecule has 0 radical (unpaired) electrons. The Balaban J connectivity index is 2.36. The maximum absolute atomic E-state index is 13.9. The van der Waals surface area contributed by atoms with E-state index in [9.17, 15) is 8.78 Å². The number of nitrogens with two attached hydrogens (primary N) is 1. The molecule has 0 saturated heterocycles. The quantitative estimate of drug-likeness (QED) is 0.749. The smallest absolute Gasteiger partial charge is 0.131 e. The van der Waals surface area contributed by atoms with Gasteiger partial charge in [0.1, 0.15) is 11.6 Å². The second-order valence-corrected chi connectivity index (χ2v) is 6.27. The lowest BCUT2D eigenvalue weighted by molar-refractivity contribution is 0.293. The number of hydrogen-bond acceptors (Lipinski definition) is 1. The summed E-state index contributed by atoms with van der Waals surface area (Å²) in [5, 5.41) is 0. The van der Waals surface area contributed by atoms with Gasteiger partial charge in [0.15, 0.2) is 0 Å². The van der Waals surface area contributed by atoms with E-state index in [2.05, 4.69) is 13.8 Å². The largest absolute Gasteiger partial charge is 0.321 e. The Morgan fingerprint density at radius 3 is 2.22 bits per heavy atom. The Morgan fingerprint density at radius 2 is 1.61 bits per heavy atom. The standard InChI is InChI=1S/C15H21F2N/c1-14(2)7-4-8-15(18,10-9-14)13-11(16)5-3-6-12(13)17/h3,5-6H,4,7-10,18H2,1-2H3. The first kappa shape index (κ1) is 13.5. The minimum atomic E-state index is -0.858. The molecule has 1 aliphatic carbocycles. The fourth-order valence-electron chi connectivity index (χ4n) is 2.92. The van der Waals surface area contributed by atoms with Crippen LogP contribution in [0.3, 0.4) is 0 Å². The molecule has 0 aromatic heterocycles. The zero-order valence-electron chi connectivity index (χ0n) is 11.1. The van der Waals surface area contributed by atoms with Crippen LogP contribution in [0.1, 0.15) is 51.5 Å². The molecule has 100 valence electrons. The zero-order chi connectivity index (χ0) is 13.4. The maximum atomic E-state index is 13.9. The van der Waals surface area contributed by atoms with E-state index in [4.69, 9.17) is 5.73 Å². The SMILES string of the molecule is CC1(C)CCCC(N)(c2c(F)cccc2F)CC1. The molecule has 1 nitrogen and oxygen atoms in total. The summed E-state index contributed by atoms with van der Waals surface area (Å²) >= 11 is 0. The molecule has 1 atom stereocenters. The van der Waals surface area contributed by atoms with E-state index < -0.39 is 17.2 Å². The van der Waals surface area contributed by atoms with Crippen molar-refractivity contribution in [1.29, 1.82) is 0 Å². The summed E-state index contributed by atoms with van der Waals surface area (Å²) in [6.45, 7) is 4.38. The van der Waals surface area contributed by atoms with Crippen LogP contribution < -0.4 is 5.73 Å². The zero-order valence-corrected chi connectivity index (χ0v) is 11.1. The molecule has 1 unspecified atom stereocenters. The fourth-order valence-corrected chi connectivity index (χ4v) is 2.92. The molecule has 1 aliphatic rings. The summed E-state index contributed by atoms with van der Waals surface area (Å²) in [6, 6.07) is 3.98. The van der Waals surface area contributed by atoms with E-state index in [1.54, 1.807) is 0 Å². The second-order valence-electron chi connectivity index (χ2n) is 6.27. The lowest BCUT2D eigenvalue weighted by Gasteiger charge is -2.30. The summed E-state index contributed by atoms with van der Waals surface area (Å²) in [5.74, 6) is -1.03. The van der Waals surface area contributed by atoms with E-state index in [-0.39, 0.29) is 11.0 Å². The summed E-state index contributed by atoms with van der Waals surface area (Å²) in [4.78, 5) is 0. The van der Waals surface area contributed by atoms with Gasteiger partial charge in [0.2, 0.25) is 0 Å². The van der Waals surface area contributed by atoms with Crippen LogP contribution in [0.25, 0.3) is 0 Å². The molecular formula is C15H21F2N. The molecule has 0 bridgehead atoms. The molecule has 0 amide bonds. The highest BCUT2D eigenvalue weighted by Gasteiger charge is 2.37. The van der Waals surface area contributed by atoms with Crippen molar-refractivity contribution in [2.75, 3.05) is 0 Å². The highest BCUT2D eigenvalue weighted by Crippen LogP contribution is 2.42. The molecule has 0 spiro atoms. The van der Waals surface area contributed by atoms with E-state index in [0.717, 1.165) is 19.3 Å². The Hall–Kier alpha value is -0.960. The average Bonchev–Trinajstić information content (AvgIpc) is 2.39. The van der Waals surface area contributed by atoms with Crippen LogP contribution in [0.4, 0.5) is 8.78 Å². The first-order valence-electron chi connectivity index (χ1n) is 6.57. The monoisotopic (exact) mass is 253 g/mol. The Kier molecular flexibility index (Phi) is 3.45. The topological polar surface area (TPSA) is 26.0 Å². The highest BCUT2D eigenvalue weighted by molar-refractivity contribution is 5.28. The van der Waals surface area contributed by atoms with Gasteiger partial charge in [0.05, 0.1) is 0 Å². The molecule has 18 heavy (non-hydrogen) atoms. The first-order valence-corrected chi connectivity index (χ1v) is 6.57. The third kappa shape index (κ3) is 2.56. The third-order valence-electron chi connectivity index (χ3n) is 4.18. The van der Waals surface area contributed by atoms with Crippen LogP contribution in [0.2, 0.25) is 0 Å². The van der Waals surface area contributed by atoms with Gasteiger partial charge < -0.3 is 5.73 Å². The van der Waals surface area contributed by atoms with Crippen molar-refractivity contribution in [3.8, 4) is 0 Å². The van der Waals surface area contributed by atoms with Crippen LogP contribution in [0.15, 0.2) is 18.2 Å². The van der Waals surface area contributed by atoms with Crippen LogP contribution >= 0.6 is 0 Å². The third-order valence-corrected chi connectivity index (χ3v) is 4.18. The number of benzene rings is 1. The lowest BCUT2D eigenvalue weighted by Crippen LogP contribution is -2.38. The van der Waals surface area contributed by atoms with Gasteiger partial charge in [0.25, 0.3) is 0 Å². The van der Waals surface area contributed by atoms with Gasteiger partial charge in [0, 0.05) is 11.1 Å². The highest BCUT2D eigenvalue weighted by atomic mass is 19.1. The molecule has 0 aliphatic heterocycles. The summed E-state index contributed by atoms with van der Waals surface area (Å²) in [7, 11) is 0. The number of halogens is 2. The van der Waals surface area contributed by atoms with E-state index >= 15 is 0 Å². The van der Waals surface area contributed by atoms with Gasteiger partial charge in [-0.15, -0.1) is 0 Å². The van der Waals surface area contributed by atoms with Crippen molar-refractivity contribution in [2.24, 2.45) is 11.1 Å². The molecule has 2 N–H and O–H groups in total. The molecule has 0 heterocycles. The van der Waals surface area contributed by atoms with Gasteiger partial charge in [-0.1, -0.05) is 26.3 Å². The minimum Gasteiger partial charge on any atom is -0.321 e. The van der Waals surface area contributed by atoms with Gasteiger partial charge in [-0.25, -0.2) is 8.78 Å². The van der Waals surface area contributed by atoms with Crippen molar-refractivity contribution in [3.05, 3.63) is 35.4 Å². The van der Waals surface area contributed by atoms with Crippen LogP contribution in [0, 0.1) is 17.0 Å². The summed E-state index contributed by atoms with van der Waals surface area (Å²) < 4.78 is 27.8. The van der Waals surface area contributed by atoms with Crippen LogP contribution in [0.5, 0.6) is 0 Å². The Bertz CT molecular complexity index is 422. The summed E-state index contributed by atoms with van der Waals surface area (Å²) in [5.41, 5.74) is 5.75. The Morgan fingerprint density at radius 1 is 1.00 bits per heavy atom. The molecule has 1 saturated carbocycles. The van der Waals surface area contributed by atoms with E-state index in [1.807, 2.05) is 0 Å². The number of hydrogen-bond donors (Lipinski definition) is 1. The van der Waals surface area contributed by atoms with Crippen molar-refractivity contribution in [3.63, 3.8) is 0 Å². The minimum absolute atomic E-state index is 0.0719. The van der Waals surface area contributed by atoms with Crippen molar-refractivity contribution in [1.82, 2.24) is 0 Å². The lowest BCUT2D eigenvalue weighted by atomic mass is 9.80. The fraction of sp³-hybridized carbons (Fsp3) is 0.600. The van der Waals surface area contributed by atoms with Crippen molar-refractivity contribution in [2.45, 2.75) is 51.5 Å². The average molecular weight is 253 g/mol. The maximum Gasteiger partial charge on any atom is 0.131 e. The molecule has 1 fully saturated rings. The number of rotatable bonds is 1. The van der Waals surface area contributed by atoms with Crippen molar-refractivity contribution < 1.29 is 8.78 Å². The van der Waals surface area contributed by atoms with E-state index in [0.29, 0.717) is 12.8 Å². The van der Waals surface area contributed by atoms with Crippen LogP contribution in [-0.2, 0) is 5.54 Å². The van der Waals surface area contributed by atoms with Gasteiger partial charge in [-0.05, 0) is 43.2 Å². The van der Waals surface area contributed by atoms with Crippen LogP contribution in [-0.4, -0.2) is 0 Å². The van der Waals surface area contributed by atoms with Crippen molar-refractivity contribution >= 4 is 0 Å². The van der Waals surface area contributed by atoms with E-state index in [1.165, 1.54) is 18.2 Å². The predicted octanol–water partition coefficient (Wildman–Crippen LogP) is 4.11. The predicted molar refractivity (Wildman–Crippen MR) is 69.1 cm³/mol. The molecule has 1 aromatic rings. The molecular weight excluding hydrogens is 232 g/mol. The second kappa shape index (κ2) is 4.61. The molecule has 3 heteroatoms. The van der Waals surface area contributed by atoms with Gasteiger partial charge in [-0.3, -0.25) is 0 Å². The van der Waals surface area contributed by atoms with Gasteiger partial charge in [-0.2, -0.15) is 0 Å². The summed E-state index contributed by atoms with van der Waals surface area (Å²) in [6.07, 6.45) is 4.16. The first-order chi connectivity index (χ1) is 8.34.